The highest BCUT2D eigenvalue weighted by molar-refractivity contribution is 5.72. The summed E-state index contributed by atoms with van der Waals surface area (Å²) in [5.74, 6) is -0.730. The molecule has 0 aliphatic rings. The summed E-state index contributed by atoms with van der Waals surface area (Å²) in [6.07, 6.45) is 0.459. The van der Waals surface area contributed by atoms with E-state index in [1.807, 2.05) is 36.4 Å². The molecule has 0 amide bonds. The molecule has 1 aromatic carbocycles. The van der Waals surface area contributed by atoms with Gasteiger partial charge in [0.1, 0.15) is 6.61 Å². The Morgan fingerprint density at radius 2 is 1.91 bits per heavy atom. The van der Waals surface area contributed by atoms with Crippen molar-refractivity contribution in [2.45, 2.75) is 19.4 Å². The molecule has 22 heavy (non-hydrogen) atoms. The standard InChI is InChI=1S/C16H20N2O4/c1-21-15(19)8-11-18(10-5-9-17)12-16(20)22-13-14-6-3-2-4-7-14/h2-4,6-7H,5,8,10-13H2,1H3. The SMILES string of the molecule is COC(=O)CCN(CCC#N)CC(=O)OCc1ccccc1. The Hall–Kier alpha value is -2.39. The van der Waals surface area contributed by atoms with Gasteiger partial charge in [0.05, 0.1) is 26.1 Å². The lowest BCUT2D eigenvalue weighted by molar-refractivity contribution is -0.147. The zero-order chi connectivity index (χ0) is 16.2. The molecule has 0 saturated heterocycles. The van der Waals surface area contributed by atoms with Gasteiger partial charge in [-0.2, -0.15) is 5.26 Å². The lowest BCUT2D eigenvalue weighted by Crippen LogP contribution is -2.33. The van der Waals surface area contributed by atoms with Crippen molar-refractivity contribution >= 4 is 11.9 Å². The highest BCUT2D eigenvalue weighted by Gasteiger charge is 2.13. The minimum Gasteiger partial charge on any atom is -0.469 e. The van der Waals surface area contributed by atoms with Crippen molar-refractivity contribution in [3.63, 3.8) is 0 Å². The number of methoxy groups -OCH3 is 1. The minimum absolute atomic E-state index is 0.0471. The Balaban J connectivity index is 2.40. The number of nitrogens with zero attached hydrogens (tertiary/aromatic N) is 2. The fourth-order valence-corrected chi connectivity index (χ4v) is 1.80. The number of benzene rings is 1. The second-order valence-electron chi connectivity index (χ2n) is 4.66. The molecule has 0 atom stereocenters. The molecular weight excluding hydrogens is 284 g/mol. The number of carbonyl (C=O) groups excluding carboxylic acids is 2. The summed E-state index contributed by atoms with van der Waals surface area (Å²) in [6.45, 7) is 1.02. The number of hydrogen-bond acceptors (Lipinski definition) is 6. The van der Waals surface area contributed by atoms with Gasteiger partial charge < -0.3 is 9.47 Å². The van der Waals surface area contributed by atoms with E-state index in [2.05, 4.69) is 4.74 Å². The maximum absolute atomic E-state index is 11.8. The Morgan fingerprint density at radius 1 is 1.18 bits per heavy atom. The quantitative estimate of drug-likeness (QED) is 0.643. The maximum Gasteiger partial charge on any atom is 0.320 e. The van der Waals surface area contributed by atoms with Crippen LogP contribution in [0.1, 0.15) is 18.4 Å². The average Bonchev–Trinajstić information content (AvgIpc) is 2.56. The van der Waals surface area contributed by atoms with Gasteiger partial charge in [-0.15, -0.1) is 0 Å². The topological polar surface area (TPSA) is 79.6 Å². The zero-order valence-corrected chi connectivity index (χ0v) is 12.7. The predicted molar refractivity (Wildman–Crippen MR) is 79.5 cm³/mol. The van der Waals surface area contributed by atoms with E-state index < -0.39 is 0 Å². The highest BCUT2D eigenvalue weighted by Crippen LogP contribution is 2.02. The van der Waals surface area contributed by atoms with E-state index in [1.54, 1.807) is 4.90 Å². The summed E-state index contributed by atoms with van der Waals surface area (Å²) in [5.41, 5.74) is 0.911. The van der Waals surface area contributed by atoms with Crippen LogP contribution in [-0.4, -0.2) is 43.6 Å². The summed E-state index contributed by atoms with van der Waals surface area (Å²) in [6, 6.07) is 11.4. The first kappa shape index (κ1) is 17.7. The van der Waals surface area contributed by atoms with Gasteiger partial charge in [-0.1, -0.05) is 30.3 Å². The molecule has 0 heterocycles. The Labute approximate surface area is 130 Å². The van der Waals surface area contributed by atoms with Crippen molar-refractivity contribution in [3.05, 3.63) is 35.9 Å². The van der Waals surface area contributed by atoms with Crippen LogP contribution in [0.15, 0.2) is 30.3 Å². The van der Waals surface area contributed by atoms with Crippen molar-refractivity contribution in [1.29, 1.82) is 5.26 Å². The van der Waals surface area contributed by atoms with Gasteiger partial charge in [0, 0.05) is 19.5 Å². The Morgan fingerprint density at radius 3 is 2.55 bits per heavy atom. The van der Waals surface area contributed by atoms with Crippen LogP contribution in [0.4, 0.5) is 0 Å². The van der Waals surface area contributed by atoms with Gasteiger partial charge >= 0.3 is 11.9 Å². The summed E-state index contributed by atoms with van der Waals surface area (Å²) in [4.78, 5) is 24.7. The lowest BCUT2D eigenvalue weighted by Gasteiger charge is -2.19. The fraction of sp³-hybridized carbons (Fsp3) is 0.438. The highest BCUT2D eigenvalue weighted by atomic mass is 16.5. The molecule has 1 rings (SSSR count). The summed E-state index contributed by atoms with van der Waals surface area (Å²) in [7, 11) is 1.32. The number of hydrogen-bond donors (Lipinski definition) is 0. The first-order valence-corrected chi connectivity index (χ1v) is 7.01. The lowest BCUT2D eigenvalue weighted by atomic mass is 10.2. The molecule has 0 radical (unpaired) electrons. The van der Waals surface area contributed by atoms with Crippen molar-refractivity contribution in [3.8, 4) is 6.07 Å². The molecule has 0 saturated carbocycles. The molecule has 0 N–H and O–H groups in total. The fourth-order valence-electron chi connectivity index (χ4n) is 1.80. The molecule has 0 aliphatic carbocycles. The van der Waals surface area contributed by atoms with Crippen LogP contribution < -0.4 is 0 Å². The molecule has 0 aliphatic heterocycles. The van der Waals surface area contributed by atoms with Gasteiger partial charge in [0.2, 0.25) is 0 Å². The maximum atomic E-state index is 11.8. The van der Waals surface area contributed by atoms with Crippen LogP contribution in [0, 0.1) is 11.3 Å². The van der Waals surface area contributed by atoms with E-state index in [4.69, 9.17) is 10.00 Å². The molecule has 0 bridgehead atoms. The van der Waals surface area contributed by atoms with Gasteiger partial charge in [0.15, 0.2) is 0 Å². The van der Waals surface area contributed by atoms with Crippen molar-refractivity contribution < 1.29 is 19.1 Å². The third kappa shape index (κ3) is 7.41. The van der Waals surface area contributed by atoms with Gasteiger partial charge in [-0.25, -0.2) is 0 Å². The molecule has 1 aromatic rings. The predicted octanol–water partition coefficient (Wildman–Crippen LogP) is 1.51. The number of ether oxygens (including phenoxy) is 2. The largest absolute Gasteiger partial charge is 0.469 e. The van der Waals surface area contributed by atoms with Crippen LogP contribution in [0.5, 0.6) is 0 Å². The van der Waals surface area contributed by atoms with E-state index in [1.165, 1.54) is 7.11 Å². The van der Waals surface area contributed by atoms with Crippen LogP contribution in [-0.2, 0) is 25.7 Å². The van der Waals surface area contributed by atoms with Crippen molar-refractivity contribution in [2.75, 3.05) is 26.7 Å². The van der Waals surface area contributed by atoms with E-state index in [-0.39, 0.29) is 37.9 Å². The third-order valence-electron chi connectivity index (χ3n) is 3.00. The number of carbonyl (C=O) groups is 2. The van der Waals surface area contributed by atoms with Crippen molar-refractivity contribution in [1.82, 2.24) is 4.90 Å². The van der Waals surface area contributed by atoms with E-state index in [0.717, 1.165) is 5.56 Å². The zero-order valence-electron chi connectivity index (χ0n) is 12.7. The molecule has 118 valence electrons. The minimum atomic E-state index is -0.383. The number of esters is 2. The summed E-state index contributed by atoms with van der Waals surface area (Å²) in [5, 5.41) is 8.64. The van der Waals surface area contributed by atoms with Gasteiger partial charge in [-0.3, -0.25) is 14.5 Å². The normalized spacial score (nSPS) is 10.0. The first-order chi connectivity index (χ1) is 10.7. The average molecular weight is 304 g/mol. The second kappa shape index (κ2) is 10.4. The van der Waals surface area contributed by atoms with Gasteiger partial charge in [-0.05, 0) is 5.56 Å². The summed E-state index contributed by atoms with van der Waals surface area (Å²) < 4.78 is 9.76. The second-order valence-corrected chi connectivity index (χ2v) is 4.66. The molecule has 6 nitrogen and oxygen atoms in total. The Kier molecular flexibility index (Phi) is 8.31. The molecule has 0 fully saturated rings. The number of rotatable bonds is 9. The van der Waals surface area contributed by atoms with Gasteiger partial charge in [0.25, 0.3) is 0 Å². The molecule has 6 heteroatoms. The first-order valence-electron chi connectivity index (χ1n) is 7.01. The van der Waals surface area contributed by atoms with E-state index in [0.29, 0.717) is 13.1 Å². The smallest absolute Gasteiger partial charge is 0.320 e. The molecular formula is C16H20N2O4. The molecule has 0 spiro atoms. The molecule has 0 unspecified atom stereocenters. The van der Waals surface area contributed by atoms with Crippen LogP contribution in [0.3, 0.4) is 0 Å². The van der Waals surface area contributed by atoms with E-state index in [9.17, 15) is 9.59 Å². The Bertz CT molecular complexity index is 511. The third-order valence-corrected chi connectivity index (χ3v) is 3.00. The van der Waals surface area contributed by atoms with E-state index >= 15 is 0 Å². The summed E-state index contributed by atoms with van der Waals surface area (Å²) >= 11 is 0. The number of nitriles is 1. The van der Waals surface area contributed by atoms with Crippen LogP contribution in [0.2, 0.25) is 0 Å². The monoisotopic (exact) mass is 304 g/mol. The van der Waals surface area contributed by atoms with Crippen molar-refractivity contribution in [2.24, 2.45) is 0 Å². The van der Waals surface area contributed by atoms with Crippen LogP contribution >= 0.6 is 0 Å². The van der Waals surface area contributed by atoms with Crippen LogP contribution in [0.25, 0.3) is 0 Å². The molecule has 0 aromatic heterocycles.